The Morgan fingerprint density at radius 2 is 2.21 bits per heavy atom. The zero-order valence-electron chi connectivity index (χ0n) is 8.47. The lowest BCUT2D eigenvalue weighted by atomic mass is 10.0. The lowest BCUT2D eigenvalue weighted by molar-refractivity contribution is 0.625. The van der Waals surface area contributed by atoms with Gasteiger partial charge in [-0.25, -0.2) is 5.43 Å². The third kappa shape index (κ3) is 2.44. The van der Waals surface area contributed by atoms with Gasteiger partial charge in [0.2, 0.25) is 0 Å². The Morgan fingerprint density at radius 1 is 1.57 bits per heavy atom. The van der Waals surface area contributed by atoms with E-state index < -0.39 is 0 Å². The lowest BCUT2D eigenvalue weighted by Crippen LogP contribution is -2.28. The number of benzene rings is 1. The summed E-state index contributed by atoms with van der Waals surface area (Å²) in [6.45, 7) is 7.91. The summed E-state index contributed by atoms with van der Waals surface area (Å²) in [6.07, 6.45) is 0. The van der Waals surface area contributed by atoms with Gasteiger partial charge in [0, 0.05) is 4.47 Å². The summed E-state index contributed by atoms with van der Waals surface area (Å²) in [5, 5.41) is 0. The molecule has 0 spiro atoms. The van der Waals surface area contributed by atoms with Crippen molar-refractivity contribution >= 4 is 15.9 Å². The molecule has 14 heavy (non-hydrogen) atoms. The first-order valence-corrected chi connectivity index (χ1v) is 5.23. The van der Waals surface area contributed by atoms with E-state index in [4.69, 9.17) is 5.84 Å². The predicted molar refractivity (Wildman–Crippen MR) is 63.8 cm³/mol. The number of nitrogens with two attached hydrogens (primary N) is 1. The van der Waals surface area contributed by atoms with Gasteiger partial charge in [-0.2, -0.15) is 0 Å². The quantitative estimate of drug-likeness (QED) is 0.495. The minimum Gasteiger partial charge on any atom is -0.271 e. The van der Waals surface area contributed by atoms with Crippen LogP contribution in [0, 0.1) is 6.92 Å². The van der Waals surface area contributed by atoms with Gasteiger partial charge in [0.05, 0.1) is 6.04 Å². The highest BCUT2D eigenvalue weighted by molar-refractivity contribution is 9.10. The first-order chi connectivity index (χ1) is 6.56. The summed E-state index contributed by atoms with van der Waals surface area (Å²) in [5.74, 6) is 5.48. The monoisotopic (exact) mass is 254 g/mol. The van der Waals surface area contributed by atoms with Gasteiger partial charge < -0.3 is 0 Å². The maximum atomic E-state index is 5.48. The number of aryl methyl sites for hydroxylation is 1. The van der Waals surface area contributed by atoms with Crippen LogP contribution in [-0.2, 0) is 0 Å². The van der Waals surface area contributed by atoms with Crippen LogP contribution in [0.1, 0.15) is 24.1 Å². The van der Waals surface area contributed by atoms with Crippen molar-refractivity contribution in [1.29, 1.82) is 0 Å². The molecular formula is C11H15BrN2. The molecular weight excluding hydrogens is 240 g/mol. The third-order valence-corrected chi connectivity index (χ3v) is 2.81. The second-order valence-corrected chi connectivity index (χ2v) is 4.33. The molecule has 0 aliphatic heterocycles. The standard InChI is InChI=1S/C11H15BrN2/c1-7(2)11(14-13)9-5-4-8(3)6-10(9)12/h4-6,11,14H,1,13H2,2-3H3. The van der Waals surface area contributed by atoms with E-state index in [1.54, 1.807) is 0 Å². The number of rotatable bonds is 3. The molecule has 1 atom stereocenters. The van der Waals surface area contributed by atoms with Gasteiger partial charge in [-0.3, -0.25) is 5.84 Å². The highest BCUT2D eigenvalue weighted by Crippen LogP contribution is 2.27. The normalized spacial score (nSPS) is 12.6. The van der Waals surface area contributed by atoms with Crippen LogP contribution in [0.3, 0.4) is 0 Å². The van der Waals surface area contributed by atoms with Crippen LogP contribution in [0.5, 0.6) is 0 Å². The Hall–Kier alpha value is -0.640. The average molecular weight is 255 g/mol. The SMILES string of the molecule is C=C(C)C(NN)c1ccc(C)cc1Br. The molecule has 0 fully saturated rings. The van der Waals surface area contributed by atoms with Crippen LogP contribution in [0.4, 0.5) is 0 Å². The third-order valence-electron chi connectivity index (χ3n) is 2.13. The molecule has 1 aromatic carbocycles. The van der Waals surface area contributed by atoms with Crippen LogP contribution in [0.2, 0.25) is 0 Å². The minimum absolute atomic E-state index is 0.00461. The molecule has 0 aromatic heterocycles. The van der Waals surface area contributed by atoms with Crippen LogP contribution in [0.25, 0.3) is 0 Å². The Balaban J connectivity index is 3.10. The molecule has 0 aliphatic carbocycles. The Kier molecular flexibility index (Phi) is 3.86. The highest BCUT2D eigenvalue weighted by atomic mass is 79.9. The summed E-state index contributed by atoms with van der Waals surface area (Å²) in [6, 6.07) is 6.19. The molecule has 2 nitrogen and oxygen atoms in total. The molecule has 0 radical (unpaired) electrons. The molecule has 3 N–H and O–H groups in total. The van der Waals surface area contributed by atoms with Crippen molar-refractivity contribution < 1.29 is 0 Å². The largest absolute Gasteiger partial charge is 0.271 e. The van der Waals surface area contributed by atoms with Crippen LogP contribution >= 0.6 is 15.9 Å². The van der Waals surface area contributed by atoms with Gasteiger partial charge in [0.25, 0.3) is 0 Å². The number of halogens is 1. The molecule has 0 bridgehead atoms. The van der Waals surface area contributed by atoms with Gasteiger partial charge in [-0.05, 0) is 31.0 Å². The van der Waals surface area contributed by atoms with E-state index >= 15 is 0 Å². The number of hydrogen-bond donors (Lipinski definition) is 2. The van der Waals surface area contributed by atoms with E-state index in [1.165, 1.54) is 5.56 Å². The van der Waals surface area contributed by atoms with E-state index in [9.17, 15) is 0 Å². The fourth-order valence-electron chi connectivity index (χ4n) is 1.36. The molecule has 0 amide bonds. The molecule has 0 aliphatic rings. The summed E-state index contributed by atoms with van der Waals surface area (Å²) < 4.78 is 1.06. The second kappa shape index (κ2) is 4.73. The molecule has 0 saturated heterocycles. The molecule has 1 rings (SSSR count). The van der Waals surface area contributed by atoms with E-state index in [0.717, 1.165) is 15.6 Å². The topological polar surface area (TPSA) is 38.0 Å². The number of nitrogens with one attached hydrogen (secondary N) is 1. The van der Waals surface area contributed by atoms with Gasteiger partial charge in [-0.15, -0.1) is 0 Å². The predicted octanol–water partition coefficient (Wildman–Crippen LogP) is 2.84. The first kappa shape index (κ1) is 11.4. The summed E-state index contributed by atoms with van der Waals surface area (Å²) in [7, 11) is 0. The van der Waals surface area contributed by atoms with Crippen molar-refractivity contribution in [2.45, 2.75) is 19.9 Å². The van der Waals surface area contributed by atoms with Crippen molar-refractivity contribution in [2.24, 2.45) is 5.84 Å². The van der Waals surface area contributed by atoms with Crippen molar-refractivity contribution in [2.75, 3.05) is 0 Å². The maximum absolute atomic E-state index is 5.48. The highest BCUT2D eigenvalue weighted by Gasteiger charge is 2.12. The molecule has 76 valence electrons. The van der Waals surface area contributed by atoms with Gasteiger partial charge in [0.15, 0.2) is 0 Å². The van der Waals surface area contributed by atoms with E-state index in [2.05, 4.69) is 53.1 Å². The smallest absolute Gasteiger partial charge is 0.0675 e. The van der Waals surface area contributed by atoms with Crippen LogP contribution < -0.4 is 11.3 Å². The fourth-order valence-corrected chi connectivity index (χ4v) is 2.09. The average Bonchev–Trinajstić information content (AvgIpc) is 2.09. The number of hydrogen-bond acceptors (Lipinski definition) is 2. The van der Waals surface area contributed by atoms with Crippen LogP contribution in [0.15, 0.2) is 34.8 Å². The zero-order valence-corrected chi connectivity index (χ0v) is 10.1. The summed E-state index contributed by atoms with van der Waals surface area (Å²) in [4.78, 5) is 0. The molecule has 0 heterocycles. The van der Waals surface area contributed by atoms with Crippen molar-refractivity contribution in [1.82, 2.24) is 5.43 Å². The second-order valence-electron chi connectivity index (χ2n) is 3.47. The van der Waals surface area contributed by atoms with Gasteiger partial charge in [0.1, 0.15) is 0 Å². The zero-order chi connectivity index (χ0) is 10.7. The van der Waals surface area contributed by atoms with Crippen molar-refractivity contribution in [3.63, 3.8) is 0 Å². The minimum atomic E-state index is 0.00461. The van der Waals surface area contributed by atoms with Crippen molar-refractivity contribution in [3.05, 3.63) is 46.0 Å². The summed E-state index contributed by atoms with van der Waals surface area (Å²) >= 11 is 3.52. The van der Waals surface area contributed by atoms with E-state index in [1.807, 2.05) is 6.92 Å². The Bertz CT molecular complexity index is 347. The van der Waals surface area contributed by atoms with Crippen LogP contribution in [-0.4, -0.2) is 0 Å². The molecule has 0 saturated carbocycles. The van der Waals surface area contributed by atoms with Gasteiger partial charge in [-0.1, -0.05) is 40.2 Å². The van der Waals surface area contributed by atoms with Crippen molar-refractivity contribution in [3.8, 4) is 0 Å². The summed E-state index contributed by atoms with van der Waals surface area (Å²) in [5.41, 5.74) is 6.08. The molecule has 1 unspecified atom stereocenters. The molecule has 1 aromatic rings. The maximum Gasteiger partial charge on any atom is 0.0675 e. The first-order valence-electron chi connectivity index (χ1n) is 4.44. The molecule has 3 heteroatoms. The Labute approximate surface area is 93.3 Å². The van der Waals surface area contributed by atoms with E-state index in [-0.39, 0.29) is 6.04 Å². The van der Waals surface area contributed by atoms with Gasteiger partial charge >= 0.3 is 0 Å². The fraction of sp³-hybridized carbons (Fsp3) is 0.273. The van der Waals surface area contributed by atoms with E-state index in [0.29, 0.717) is 0 Å². The lowest BCUT2D eigenvalue weighted by Gasteiger charge is -2.18. The number of hydrazine groups is 1. The Morgan fingerprint density at radius 3 is 2.64 bits per heavy atom.